The molecule has 0 spiro atoms. The number of carbonyl (C=O) groups is 1. The van der Waals surface area contributed by atoms with Crippen LogP contribution in [0.2, 0.25) is 0 Å². The maximum absolute atomic E-state index is 12.6. The van der Waals surface area contributed by atoms with Gasteiger partial charge in [0.25, 0.3) is 5.91 Å². The van der Waals surface area contributed by atoms with E-state index in [1.807, 2.05) is 18.0 Å². The molecule has 1 aromatic carbocycles. The summed E-state index contributed by atoms with van der Waals surface area (Å²) in [6.45, 7) is 3.55. The van der Waals surface area contributed by atoms with Gasteiger partial charge in [0.05, 0.1) is 7.11 Å². The zero-order valence-electron chi connectivity index (χ0n) is 15.7. The van der Waals surface area contributed by atoms with Crippen molar-refractivity contribution in [3.63, 3.8) is 0 Å². The number of rotatable bonds is 3. The van der Waals surface area contributed by atoms with E-state index in [2.05, 4.69) is 23.2 Å². The van der Waals surface area contributed by atoms with Crippen LogP contribution in [0, 0.1) is 6.92 Å². The van der Waals surface area contributed by atoms with Crippen molar-refractivity contribution in [3.05, 3.63) is 65.7 Å². The predicted octanol–water partition coefficient (Wildman–Crippen LogP) is 3.97. The monoisotopic (exact) mass is 361 g/mol. The number of hydrogen-bond acceptors (Lipinski definition) is 4. The first-order valence-electron chi connectivity index (χ1n) is 9.29. The first kappa shape index (κ1) is 17.5. The number of carbonyl (C=O) groups excluding carboxylic acids is 1. The van der Waals surface area contributed by atoms with Crippen LogP contribution in [0.1, 0.15) is 40.4 Å². The molecule has 5 heteroatoms. The highest BCUT2D eigenvalue weighted by Crippen LogP contribution is 2.31. The Balaban J connectivity index is 1.49. The lowest BCUT2D eigenvalue weighted by atomic mass is 9.91. The summed E-state index contributed by atoms with van der Waals surface area (Å²) >= 11 is 0. The largest absolute Gasteiger partial charge is 0.496 e. The number of aromatic nitrogens is 2. The molecule has 1 saturated heterocycles. The summed E-state index contributed by atoms with van der Waals surface area (Å²) in [5.41, 5.74) is 2.92. The van der Waals surface area contributed by atoms with Crippen molar-refractivity contribution >= 4 is 16.7 Å². The Morgan fingerprint density at radius 1 is 1.11 bits per heavy atom. The number of nitrogens with zero attached hydrogens (tertiary/aromatic N) is 3. The molecule has 27 heavy (non-hydrogen) atoms. The summed E-state index contributed by atoms with van der Waals surface area (Å²) in [6, 6.07) is 9.91. The number of benzene rings is 1. The molecule has 0 bridgehead atoms. The molecule has 2 aromatic heterocycles. The number of ether oxygens (including phenoxy) is 1. The van der Waals surface area contributed by atoms with Crippen molar-refractivity contribution < 1.29 is 9.53 Å². The molecule has 1 aliphatic heterocycles. The predicted molar refractivity (Wildman–Crippen MR) is 105 cm³/mol. The van der Waals surface area contributed by atoms with E-state index >= 15 is 0 Å². The molecule has 0 aliphatic carbocycles. The minimum Gasteiger partial charge on any atom is -0.496 e. The number of aryl methyl sites for hydroxylation is 1. The third-order valence-electron chi connectivity index (χ3n) is 5.38. The molecule has 0 saturated carbocycles. The highest BCUT2D eigenvalue weighted by Gasteiger charge is 2.25. The van der Waals surface area contributed by atoms with Gasteiger partial charge in [-0.1, -0.05) is 0 Å². The highest BCUT2D eigenvalue weighted by molar-refractivity contribution is 5.94. The number of piperidine rings is 1. The fourth-order valence-electron chi connectivity index (χ4n) is 3.80. The van der Waals surface area contributed by atoms with Crippen LogP contribution in [0.25, 0.3) is 10.8 Å². The van der Waals surface area contributed by atoms with Crippen molar-refractivity contribution in [3.8, 4) is 5.75 Å². The second kappa shape index (κ2) is 7.35. The minimum absolute atomic E-state index is 0.0857. The molecule has 5 nitrogen and oxygen atoms in total. The summed E-state index contributed by atoms with van der Waals surface area (Å²) in [6.07, 6.45) is 7.13. The topological polar surface area (TPSA) is 55.3 Å². The SMILES string of the molecule is COc1cc2cc(C3CCN(C(=O)c4ccncc4)CC3)ncc2cc1C. The van der Waals surface area contributed by atoms with Gasteiger partial charge in [0, 0.05) is 54.2 Å². The van der Waals surface area contributed by atoms with Crippen molar-refractivity contribution in [2.75, 3.05) is 20.2 Å². The van der Waals surface area contributed by atoms with Crippen molar-refractivity contribution in [2.45, 2.75) is 25.7 Å². The van der Waals surface area contributed by atoms with E-state index in [1.54, 1.807) is 31.6 Å². The van der Waals surface area contributed by atoms with E-state index in [9.17, 15) is 4.79 Å². The van der Waals surface area contributed by atoms with Crippen LogP contribution in [0.15, 0.2) is 48.9 Å². The molecule has 0 unspecified atom stereocenters. The van der Waals surface area contributed by atoms with E-state index in [-0.39, 0.29) is 5.91 Å². The van der Waals surface area contributed by atoms with Crippen LogP contribution in [0.5, 0.6) is 5.75 Å². The Hall–Kier alpha value is -2.95. The third kappa shape index (κ3) is 3.50. The van der Waals surface area contributed by atoms with Gasteiger partial charge in [-0.3, -0.25) is 14.8 Å². The van der Waals surface area contributed by atoms with Crippen LogP contribution in [-0.2, 0) is 0 Å². The van der Waals surface area contributed by atoms with E-state index in [0.717, 1.165) is 53.7 Å². The second-order valence-electron chi connectivity index (χ2n) is 7.08. The standard InChI is InChI=1S/C22H23N3O2/c1-15-11-19-14-24-20(12-18(19)13-21(15)27-2)16-5-9-25(10-6-16)22(26)17-3-7-23-8-4-17/h3-4,7-8,11-14,16H,5-6,9-10H2,1-2H3. The Kier molecular flexibility index (Phi) is 4.75. The van der Waals surface area contributed by atoms with Crippen LogP contribution in [0.4, 0.5) is 0 Å². The van der Waals surface area contributed by atoms with Gasteiger partial charge < -0.3 is 9.64 Å². The van der Waals surface area contributed by atoms with Crippen molar-refractivity contribution in [1.29, 1.82) is 0 Å². The third-order valence-corrected chi connectivity index (χ3v) is 5.38. The lowest BCUT2D eigenvalue weighted by molar-refractivity contribution is 0.0712. The van der Waals surface area contributed by atoms with Crippen LogP contribution >= 0.6 is 0 Å². The Labute approximate surface area is 159 Å². The Morgan fingerprint density at radius 2 is 1.85 bits per heavy atom. The molecule has 1 fully saturated rings. The second-order valence-corrected chi connectivity index (χ2v) is 7.08. The van der Waals surface area contributed by atoms with Crippen LogP contribution < -0.4 is 4.74 Å². The summed E-state index contributed by atoms with van der Waals surface area (Å²) in [7, 11) is 1.70. The number of amides is 1. The number of pyridine rings is 2. The molecule has 0 N–H and O–H groups in total. The summed E-state index contributed by atoms with van der Waals surface area (Å²) in [5.74, 6) is 1.36. The van der Waals surface area contributed by atoms with E-state index in [1.165, 1.54) is 0 Å². The zero-order valence-corrected chi connectivity index (χ0v) is 15.7. The summed E-state index contributed by atoms with van der Waals surface area (Å²) in [5, 5.41) is 2.28. The van der Waals surface area contributed by atoms with E-state index in [0.29, 0.717) is 11.5 Å². The van der Waals surface area contributed by atoms with Gasteiger partial charge in [-0.2, -0.15) is 0 Å². The Morgan fingerprint density at radius 3 is 2.56 bits per heavy atom. The van der Waals surface area contributed by atoms with Crippen molar-refractivity contribution in [2.24, 2.45) is 0 Å². The average molecular weight is 361 g/mol. The number of hydrogen-bond donors (Lipinski definition) is 0. The lowest BCUT2D eigenvalue weighted by Gasteiger charge is -2.32. The number of methoxy groups -OCH3 is 1. The fourth-order valence-corrected chi connectivity index (χ4v) is 3.80. The van der Waals surface area contributed by atoms with Gasteiger partial charge in [-0.05, 0) is 61.0 Å². The molecule has 1 amide bonds. The molecule has 0 radical (unpaired) electrons. The van der Waals surface area contributed by atoms with Gasteiger partial charge in [-0.25, -0.2) is 0 Å². The fraction of sp³-hybridized carbons (Fsp3) is 0.318. The molecule has 1 aliphatic rings. The highest BCUT2D eigenvalue weighted by atomic mass is 16.5. The molecule has 0 atom stereocenters. The average Bonchev–Trinajstić information content (AvgIpc) is 2.73. The van der Waals surface area contributed by atoms with E-state index < -0.39 is 0 Å². The van der Waals surface area contributed by atoms with Gasteiger partial charge in [-0.15, -0.1) is 0 Å². The smallest absolute Gasteiger partial charge is 0.253 e. The number of fused-ring (bicyclic) bond motifs is 1. The molecule has 3 aromatic rings. The van der Waals surface area contributed by atoms with Gasteiger partial charge in [0.1, 0.15) is 5.75 Å². The molecule has 3 heterocycles. The van der Waals surface area contributed by atoms with Gasteiger partial charge in [0.15, 0.2) is 0 Å². The first-order chi connectivity index (χ1) is 13.2. The summed E-state index contributed by atoms with van der Waals surface area (Å²) < 4.78 is 5.45. The molecule has 4 rings (SSSR count). The first-order valence-corrected chi connectivity index (χ1v) is 9.29. The van der Waals surface area contributed by atoms with Crippen LogP contribution in [0.3, 0.4) is 0 Å². The minimum atomic E-state index is 0.0857. The maximum Gasteiger partial charge on any atom is 0.253 e. The lowest BCUT2D eigenvalue weighted by Crippen LogP contribution is -2.38. The molecular formula is C22H23N3O2. The molecule has 138 valence electrons. The van der Waals surface area contributed by atoms with Crippen molar-refractivity contribution in [1.82, 2.24) is 14.9 Å². The molecular weight excluding hydrogens is 338 g/mol. The normalized spacial score (nSPS) is 15.1. The van der Waals surface area contributed by atoms with E-state index in [4.69, 9.17) is 9.72 Å². The van der Waals surface area contributed by atoms with Gasteiger partial charge in [0.2, 0.25) is 0 Å². The van der Waals surface area contributed by atoms with Gasteiger partial charge >= 0.3 is 0 Å². The maximum atomic E-state index is 12.6. The zero-order chi connectivity index (χ0) is 18.8. The summed E-state index contributed by atoms with van der Waals surface area (Å²) in [4.78, 5) is 23.2. The quantitative estimate of drug-likeness (QED) is 0.708. The van der Waals surface area contributed by atoms with Crippen LogP contribution in [-0.4, -0.2) is 41.0 Å². The number of likely N-dealkylation sites (tertiary alicyclic amines) is 1. The Bertz CT molecular complexity index is 964.